The second kappa shape index (κ2) is 5.09. The van der Waals surface area contributed by atoms with E-state index in [0.29, 0.717) is 4.88 Å². The minimum absolute atomic E-state index is 0.0464. The second-order valence-electron chi connectivity index (χ2n) is 4.15. The van der Waals surface area contributed by atoms with E-state index < -0.39 is 23.0 Å². The van der Waals surface area contributed by atoms with Crippen molar-refractivity contribution in [3.05, 3.63) is 50.7 Å². The number of thiophene rings is 1. The number of ether oxygens (including phenoxy) is 1. The molecule has 2 nitrogen and oxygen atoms in total. The van der Waals surface area contributed by atoms with E-state index in [1.807, 2.05) is 13.8 Å². The molecule has 2 aromatic rings. The fourth-order valence-electron chi connectivity index (χ4n) is 1.69. The Hall–Kier alpha value is -1.75. The first kappa shape index (κ1) is 13.7. The van der Waals surface area contributed by atoms with Crippen LogP contribution in [-0.2, 0) is 0 Å². The van der Waals surface area contributed by atoms with E-state index in [0.717, 1.165) is 22.6 Å². The van der Waals surface area contributed by atoms with Gasteiger partial charge in [-0.2, -0.15) is 0 Å². The lowest BCUT2D eigenvalue weighted by molar-refractivity contribution is 0.103. The lowest BCUT2D eigenvalue weighted by Crippen LogP contribution is -2.06. The first-order chi connectivity index (χ1) is 8.93. The maximum Gasteiger partial charge on any atom is 0.208 e. The fraction of sp³-hybridized carbons (Fsp3) is 0.214. The molecule has 0 amide bonds. The number of carbonyl (C=O) groups excluding carboxylic acids is 1. The third-order valence-electron chi connectivity index (χ3n) is 2.87. The monoisotopic (exact) mass is 282 g/mol. The predicted octanol–water partition coefficient (Wildman–Crippen LogP) is 3.88. The number of hydrogen-bond donors (Lipinski definition) is 0. The van der Waals surface area contributed by atoms with Gasteiger partial charge in [0.05, 0.1) is 17.6 Å². The third-order valence-corrected chi connectivity index (χ3v) is 4.02. The first-order valence-electron chi connectivity index (χ1n) is 5.58. The van der Waals surface area contributed by atoms with Crippen molar-refractivity contribution in [2.75, 3.05) is 7.11 Å². The number of rotatable bonds is 3. The van der Waals surface area contributed by atoms with Crippen molar-refractivity contribution in [1.29, 1.82) is 0 Å². The molecular formula is C14H12F2O2S. The normalized spacial score (nSPS) is 10.6. The smallest absolute Gasteiger partial charge is 0.208 e. The highest BCUT2D eigenvalue weighted by Gasteiger charge is 2.22. The van der Waals surface area contributed by atoms with Gasteiger partial charge < -0.3 is 4.74 Å². The van der Waals surface area contributed by atoms with Gasteiger partial charge in [0.25, 0.3) is 0 Å². The molecule has 0 fully saturated rings. The van der Waals surface area contributed by atoms with E-state index in [9.17, 15) is 13.6 Å². The molecule has 1 heterocycles. The SMILES string of the molecule is COc1cc(F)c(C(=O)c2cc(C)c(C)s2)c(F)c1. The van der Waals surface area contributed by atoms with Crippen molar-refractivity contribution in [1.82, 2.24) is 0 Å². The third kappa shape index (κ3) is 2.51. The maximum atomic E-state index is 13.8. The Balaban J connectivity index is 2.50. The molecule has 1 aromatic heterocycles. The average Bonchev–Trinajstić information content (AvgIpc) is 2.68. The summed E-state index contributed by atoms with van der Waals surface area (Å²) in [4.78, 5) is 13.4. The molecule has 100 valence electrons. The van der Waals surface area contributed by atoms with E-state index in [2.05, 4.69) is 0 Å². The Bertz CT molecular complexity index is 604. The Morgan fingerprint density at radius 3 is 2.16 bits per heavy atom. The zero-order valence-corrected chi connectivity index (χ0v) is 11.5. The fourth-order valence-corrected chi connectivity index (χ4v) is 2.67. The van der Waals surface area contributed by atoms with Crippen LogP contribution in [0.2, 0.25) is 0 Å². The van der Waals surface area contributed by atoms with E-state index in [-0.39, 0.29) is 5.75 Å². The Kier molecular flexibility index (Phi) is 3.66. The van der Waals surface area contributed by atoms with Crippen LogP contribution in [0.25, 0.3) is 0 Å². The summed E-state index contributed by atoms with van der Waals surface area (Å²) < 4.78 is 32.4. The quantitative estimate of drug-likeness (QED) is 0.798. The summed E-state index contributed by atoms with van der Waals surface area (Å²) in [6.07, 6.45) is 0. The molecule has 0 unspecified atom stereocenters. The van der Waals surface area contributed by atoms with Crippen LogP contribution in [0.3, 0.4) is 0 Å². The zero-order valence-electron chi connectivity index (χ0n) is 10.7. The molecule has 2 rings (SSSR count). The summed E-state index contributed by atoms with van der Waals surface area (Å²) in [5.74, 6) is -2.42. The van der Waals surface area contributed by atoms with Crippen LogP contribution in [0.4, 0.5) is 8.78 Å². The number of aryl methyl sites for hydroxylation is 2. The summed E-state index contributed by atoms with van der Waals surface area (Å²) in [5.41, 5.74) is 0.393. The molecule has 5 heteroatoms. The minimum Gasteiger partial charge on any atom is -0.497 e. The van der Waals surface area contributed by atoms with Crippen LogP contribution >= 0.6 is 11.3 Å². The van der Waals surface area contributed by atoms with Crippen LogP contribution in [0.1, 0.15) is 25.7 Å². The van der Waals surface area contributed by atoms with Gasteiger partial charge in [-0.3, -0.25) is 4.79 Å². The molecule has 0 aliphatic carbocycles. The number of ketones is 1. The summed E-state index contributed by atoms with van der Waals surface area (Å²) in [7, 11) is 1.31. The van der Waals surface area contributed by atoms with Gasteiger partial charge in [0, 0.05) is 17.0 Å². The standard InChI is InChI=1S/C14H12F2O2S/c1-7-4-12(19-8(7)2)14(17)13-10(15)5-9(18-3)6-11(13)16/h4-6H,1-3H3. The highest BCUT2D eigenvalue weighted by molar-refractivity contribution is 7.14. The van der Waals surface area contributed by atoms with Crippen LogP contribution in [0.15, 0.2) is 18.2 Å². The Morgan fingerprint density at radius 1 is 1.16 bits per heavy atom. The maximum absolute atomic E-state index is 13.8. The Labute approximate surface area is 113 Å². The van der Waals surface area contributed by atoms with Crippen molar-refractivity contribution in [2.24, 2.45) is 0 Å². The van der Waals surface area contributed by atoms with Gasteiger partial charge in [0.15, 0.2) is 0 Å². The van der Waals surface area contributed by atoms with E-state index in [4.69, 9.17) is 4.74 Å². The molecule has 0 saturated heterocycles. The summed E-state index contributed by atoms with van der Waals surface area (Å²) >= 11 is 1.23. The zero-order chi connectivity index (χ0) is 14.2. The predicted molar refractivity (Wildman–Crippen MR) is 70.1 cm³/mol. The van der Waals surface area contributed by atoms with Crippen LogP contribution in [0.5, 0.6) is 5.75 Å². The van der Waals surface area contributed by atoms with Gasteiger partial charge in [0.2, 0.25) is 5.78 Å². The van der Waals surface area contributed by atoms with Crippen molar-refractivity contribution in [3.8, 4) is 5.75 Å². The van der Waals surface area contributed by atoms with Crippen LogP contribution < -0.4 is 4.74 Å². The molecule has 0 N–H and O–H groups in total. The molecule has 0 bridgehead atoms. The lowest BCUT2D eigenvalue weighted by Gasteiger charge is -2.05. The summed E-state index contributed by atoms with van der Waals surface area (Å²) in [6.45, 7) is 3.71. The van der Waals surface area contributed by atoms with E-state index in [1.54, 1.807) is 6.07 Å². The first-order valence-corrected chi connectivity index (χ1v) is 6.40. The second-order valence-corrected chi connectivity index (χ2v) is 5.40. The number of benzene rings is 1. The largest absolute Gasteiger partial charge is 0.497 e. The highest BCUT2D eigenvalue weighted by atomic mass is 32.1. The molecule has 0 aliphatic rings. The van der Waals surface area contributed by atoms with Gasteiger partial charge in [-0.15, -0.1) is 11.3 Å². The van der Waals surface area contributed by atoms with E-state index >= 15 is 0 Å². The number of hydrogen-bond acceptors (Lipinski definition) is 3. The number of carbonyl (C=O) groups is 1. The van der Waals surface area contributed by atoms with Crippen molar-refractivity contribution >= 4 is 17.1 Å². The van der Waals surface area contributed by atoms with Crippen LogP contribution in [0, 0.1) is 25.5 Å². The van der Waals surface area contributed by atoms with Gasteiger partial charge in [-0.25, -0.2) is 8.78 Å². The van der Waals surface area contributed by atoms with Gasteiger partial charge in [0.1, 0.15) is 17.4 Å². The molecule has 19 heavy (non-hydrogen) atoms. The topological polar surface area (TPSA) is 26.3 Å². The van der Waals surface area contributed by atoms with Crippen LogP contribution in [-0.4, -0.2) is 12.9 Å². The summed E-state index contributed by atoms with van der Waals surface area (Å²) in [6, 6.07) is 3.65. The summed E-state index contributed by atoms with van der Waals surface area (Å²) in [5, 5.41) is 0. The number of halogens is 2. The average molecular weight is 282 g/mol. The number of methoxy groups -OCH3 is 1. The molecule has 0 aliphatic heterocycles. The molecule has 1 aromatic carbocycles. The highest BCUT2D eigenvalue weighted by Crippen LogP contribution is 2.27. The Morgan fingerprint density at radius 2 is 1.74 bits per heavy atom. The lowest BCUT2D eigenvalue weighted by atomic mass is 10.1. The molecule has 0 radical (unpaired) electrons. The molecule has 0 spiro atoms. The van der Waals surface area contributed by atoms with Gasteiger partial charge in [-0.1, -0.05) is 0 Å². The minimum atomic E-state index is -0.912. The van der Waals surface area contributed by atoms with Crippen molar-refractivity contribution in [3.63, 3.8) is 0 Å². The van der Waals surface area contributed by atoms with E-state index in [1.165, 1.54) is 18.4 Å². The van der Waals surface area contributed by atoms with Gasteiger partial charge in [-0.05, 0) is 25.5 Å². The van der Waals surface area contributed by atoms with Crippen molar-refractivity contribution < 1.29 is 18.3 Å². The van der Waals surface area contributed by atoms with Crippen molar-refractivity contribution in [2.45, 2.75) is 13.8 Å². The molecular weight excluding hydrogens is 270 g/mol. The van der Waals surface area contributed by atoms with Gasteiger partial charge >= 0.3 is 0 Å². The molecule has 0 saturated carbocycles. The molecule has 0 atom stereocenters.